The van der Waals surface area contributed by atoms with Crippen LogP contribution in [0.5, 0.6) is 5.88 Å². The number of carbonyl (C=O) groups is 1. The minimum atomic E-state index is -0.775. The van der Waals surface area contributed by atoms with Gasteiger partial charge < -0.3 is 25.4 Å². The number of methoxy groups -OCH3 is 1. The summed E-state index contributed by atoms with van der Waals surface area (Å²) < 4.78 is 38.5. The van der Waals surface area contributed by atoms with E-state index in [1.165, 1.54) is 12.1 Å². The standard InChI is InChI=1S/C17H24N6O2.C13H17F2NO/c1-13-15(20-17(18)24)23(14-5-3-2-4-6-14)21-16(13)25-12-11-22-9-7-19-8-10-22;1-17-7-6-16-5-4-11(9-16)10-2-3-12(14)13(15)8-10/h2-6,19H,7-12H2,1H3,(H3,18,20,24);2-3,8,11H,4-7,9H2,1H3. The Balaban J connectivity index is 0.000000208. The van der Waals surface area contributed by atoms with E-state index in [0.29, 0.717) is 30.8 Å². The van der Waals surface area contributed by atoms with Gasteiger partial charge in [0, 0.05) is 52.9 Å². The zero-order chi connectivity index (χ0) is 29.9. The van der Waals surface area contributed by atoms with E-state index in [1.807, 2.05) is 37.3 Å². The van der Waals surface area contributed by atoms with E-state index < -0.39 is 17.7 Å². The molecule has 0 radical (unpaired) electrons. The maximum absolute atomic E-state index is 13.1. The number of primary amides is 1. The second-order valence-electron chi connectivity index (χ2n) is 10.4. The summed E-state index contributed by atoms with van der Waals surface area (Å²) in [6.45, 7) is 10.8. The Hall–Kier alpha value is -3.58. The molecule has 0 bridgehead atoms. The van der Waals surface area contributed by atoms with Crippen LogP contribution in [0.2, 0.25) is 0 Å². The molecule has 2 saturated heterocycles. The van der Waals surface area contributed by atoms with Gasteiger partial charge in [-0.1, -0.05) is 24.3 Å². The quantitative estimate of drug-likeness (QED) is 0.335. The number of amides is 2. The van der Waals surface area contributed by atoms with E-state index in [2.05, 4.69) is 25.5 Å². The van der Waals surface area contributed by atoms with Crippen LogP contribution in [0.1, 0.15) is 23.5 Å². The van der Waals surface area contributed by atoms with Gasteiger partial charge in [0.25, 0.3) is 0 Å². The normalized spacial score (nSPS) is 17.5. The second kappa shape index (κ2) is 15.6. The molecule has 2 amide bonds. The van der Waals surface area contributed by atoms with E-state index in [-0.39, 0.29) is 0 Å². The predicted octanol–water partition coefficient (Wildman–Crippen LogP) is 3.36. The van der Waals surface area contributed by atoms with E-state index in [9.17, 15) is 13.6 Å². The molecule has 0 aliphatic carbocycles. The van der Waals surface area contributed by atoms with Crippen molar-refractivity contribution in [3.8, 4) is 11.6 Å². The molecule has 0 saturated carbocycles. The average molecular weight is 586 g/mol. The number of anilines is 1. The van der Waals surface area contributed by atoms with E-state index in [4.69, 9.17) is 15.2 Å². The lowest BCUT2D eigenvalue weighted by molar-refractivity contribution is 0.160. The molecule has 1 aromatic heterocycles. The number of likely N-dealkylation sites (tertiary alicyclic amines) is 1. The number of para-hydroxylation sites is 1. The lowest BCUT2D eigenvalue weighted by Crippen LogP contribution is -2.44. The maximum Gasteiger partial charge on any atom is 0.317 e. The summed E-state index contributed by atoms with van der Waals surface area (Å²) in [6.07, 6.45) is 0.995. The number of benzene rings is 2. The number of aromatic nitrogens is 2. The first-order valence-corrected chi connectivity index (χ1v) is 14.3. The van der Waals surface area contributed by atoms with Crippen molar-refractivity contribution >= 4 is 11.8 Å². The molecule has 3 heterocycles. The van der Waals surface area contributed by atoms with Gasteiger partial charge in [-0.15, -0.1) is 5.10 Å². The van der Waals surface area contributed by atoms with Gasteiger partial charge in [0.05, 0.1) is 17.9 Å². The molecule has 12 heteroatoms. The second-order valence-corrected chi connectivity index (χ2v) is 10.4. The Morgan fingerprint density at radius 3 is 2.48 bits per heavy atom. The largest absolute Gasteiger partial charge is 0.475 e. The fourth-order valence-corrected chi connectivity index (χ4v) is 5.13. The molecule has 228 valence electrons. The summed E-state index contributed by atoms with van der Waals surface area (Å²) in [5, 5.41) is 10.5. The van der Waals surface area contributed by atoms with Gasteiger partial charge in [-0.2, -0.15) is 0 Å². The number of halogens is 2. The van der Waals surface area contributed by atoms with Crippen molar-refractivity contribution in [2.24, 2.45) is 5.73 Å². The third kappa shape index (κ3) is 8.71. The number of ether oxygens (including phenoxy) is 2. The van der Waals surface area contributed by atoms with Crippen LogP contribution in [-0.4, -0.2) is 98.3 Å². The molecule has 42 heavy (non-hydrogen) atoms. The molecule has 4 N–H and O–H groups in total. The molecule has 0 spiro atoms. The number of carbonyl (C=O) groups excluding carboxylic acids is 1. The first-order valence-electron chi connectivity index (χ1n) is 14.3. The summed E-state index contributed by atoms with van der Waals surface area (Å²) in [4.78, 5) is 16.0. The van der Waals surface area contributed by atoms with Crippen LogP contribution in [0.15, 0.2) is 48.5 Å². The van der Waals surface area contributed by atoms with Crippen LogP contribution >= 0.6 is 0 Å². The lowest BCUT2D eigenvalue weighted by atomic mass is 9.98. The first kappa shape index (κ1) is 31.4. The van der Waals surface area contributed by atoms with Gasteiger partial charge in [-0.25, -0.2) is 18.3 Å². The minimum absolute atomic E-state index is 0.307. The van der Waals surface area contributed by atoms with E-state index in [0.717, 1.165) is 75.6 Å². The highest BCUT2D eigenvalue weighted by atomic mass is 19.2. The van der Waals surface area contributed by atoms with Crippen molar-refractivity contribution in [1.82, 2.24) is 24.9 Å². The minimum Gasteiger partial charge on any atom is -0.475 e. The number of piperazine rings is 1. The zero-order valence-electron chi connectivity index (χ0n) is 24.3. The number of nitrogens with two attached hydrogens (primary N) is 1. The highest BCUT2D eigenvalue weighted by molar-refractivity contribution is 5.88. The van der Waals surface area contributed by atoms with E-state index in [1.54, 1.807) is 17.9 Å². The molecule has 2 fully saturated rings. The third-order valence-electron chi connectivity index (χ3n) is 7.48. The van der Waals surface area contributed by atoms with Crippen molar-refractivity contribution in [2.45, 2.75) is 19.3 Å². The van der Waals surface area contributed by atoms with Crippen LogP contribution in [0.25, 0.3) is 5.69 Å². The Bertz CT molecular complexity index is 1290. The Labute approximate surface area is 245 Å². The summed E-state index contributed by atoms with van der Waals surface area (Å²) in [7, 11) is 1.68. The average Bonchev–Trinajstić information content (AvgIpc) is 3.59. The lowest BCUT2D eigenvalue weighted by Gasteiger charge is -2.26. The summed E-state index contributed by atoms with van der Waals surface area (Å²) in [6, 6.07) is 13.1. The number of hydrogen-bond acceptors (Lipinski definition) is 7. The fraction of sp³-hybridized carbons (Fsp3) is 0.467. The molecular weight excluding hydrogens is 544 g/mol. The van der Waals surface area contributed by atoms with E-state index >= 15 is 0 Å². The smallest absolute Gasteiger partial charge is 0.317 e. The van der Waals surface area contributed by atoms with Crippen LogP contribution in [0.3, 0.4) is 0 Å². The molecule has 2 aliphatic rings. The number of hydrogen-bond donors (Lipinski definition) is 3. The first-order chi connectivity index (χ1) is 20.4. The maximum atomic E-state index is 13.1. The van der Waals surface area contributed by atoms with Crippen molar-refractivity contribution in [3.05, 3.63) is 71.3 Å². The highest BCUT2D eigenvalue weighted by Crippen LogP contribution is 2.29. The molecule has 5 rings (SSSR count). The van der Waals surface area contributed by atoms with Crippen LogP contribution in [-0.2, 0) is 4.74 Å². The van der Waals surface area contributed by atoms with Gasteiger partial charge >= 0.3 is 6.03 Å². The number of nitrogens with one attached hydrogen (secondary N) is 2. The Kier molecular flexibility index (Phi) is 11.6. The topological polar surface area (TPSA) is 110 Å². The zero-order valence-corrected chi connectivity index (χ0v) is 24.3. The van der Waals surface area contributed by atoms with Gasteiger partial charge in [0.15, 0.2) is 11.6 Å². The molecule has 1 unspecified atom stereocenters. The Morgan fingerprint density at radius 1 is 1.05 bits per heavy atom. The summed E-state index contributed by atoms with van der Waals surface area (Å²) in [5.74, 6) is -0.193. The molecule has 2 aliphatic heterocycles. The van der Waals surface area contributed by atoms with Gasteiger partial charge in [0.1, 0.15) is 12.4 Å². The molecule has 3 aromatic rings. The number of urea groups is 1. The highest BCUT2D eigenvalue weighted by Gasteiger charge is 2.24. The van der Waals surface area contributed by atoms with Crippen LogP contribution < -0.4 is 21.1 Å². The van der Waals surface area contributed by atoms with Crippen molar-refractivity contribution in [1.29, 1.82) is 0 Å². The van der Waals surface area contributed by atoms with Gasteiger partial charge in [-0.05, 0) is 55.6 Å². The monoisotopic (exact) mass is 585 g/mol. The number of nitrogens with zero attached hydrogens (tertiary/aromatic N) is 4. The summed E-state index contributed by atoms with van der Waals surface area (Å²) in [5.41, 5.74) is 7.77. The van der Waals surface area contributed by atoms with Crippen LogP contribution in [0.4, 0.5) is 19.4 Å². The summed E-state index contributed by atoms with van der Waals surface area (Å²) >= 11 is 0. The molecule has 1 atom stereocenters. The molecule has 2 aromatic carbocycles. The van der Waals surface area contributed by atoms with Gasteiger partial charge in [-0.3, -0.25) is 10.2 Å². The van der Waals surface area contributed by atoms with Crippen LogP contribution in [0, 0.1) is 18.6 Å². The number of rotatable bonds is 10. The SMILES string of the molecule is COCCN1CCC(c2ccc(F)c(F)c2)C1.Cc1c(OCCN2CCNCC2)nn(-c2ccccc2)c1NC(N)=O. The van der Waals surface area contributed by atoms with Crippen molar-refractivity contribution in [3.63, 3.8) is 0 Å². The molecule has 10 nitrogen and oxygen atoms in total. The Morgan fingerprint density at radius 2 is 1.79 bits per heavy atom. The predicted molar refractivity (Wildman–Crippen MR) is 158 cm³/mol. The third-order valence-corrected chi connectivity index (χ3v) is 7.48. The van der Waals surface area contributed by atoms with Crippen molar-refractivity contribution < 1.29 is 23.0 Å². The molecular formula is C30H41F2N7O3. The van der Waals surface area contributed by atoms with Gasteiger partial charge in [0.2, 0.25) is 5.88 Å². The van der Waals surface area contributed by atoms with Crippen molar-refractivity contribution in [2.75, 3.05) is 78.0 Å². The fourth-order valence-electron chi connectivity index (χ4n) is 5.13.